The van der Waals surface area contributed by atoms with Crippen molar-refractivity contribution in [3.63, 3.8) is 0 Å². The van der Waals surface area contributed by atoms with Gasteiger partial charge in [0.2, 0.25) is 0 Å². The van der Waals surface area contributed by atoms with Gasteiger partial charge >= 0.3 is 0 Å². The van der Waals surface area contributed by atoms with Gasteiger partial charge in [-0.25, -0.2) is 13.8 Å². The summed E-state index contributed by atoms with van der Waals surface area (Å²) in [5.41, 5.74) is 2.08. The van der Waals surface area contributed by atoms with Crippen LogP contribution >= 0.6 is 0 Å². The number of furan rings is 1. The third-order valence-electron chi connectivity index (χ3n) is 3.76. The van der Waals surface area contributed by atoms with Crippen LogP contribution in [-0.2, 0) is 6.61 Å². The Morgan fingerprint density at radius 1 is 1.04 bits per heavy atom. The summed E-state index contributed by atoms with van der Waals surface area (Å²) in [6.07, 6.45) is 3.47. The number of benzene rings is 1. The molecule has 0 aliphatic rings. The molecular formula is C18H12F2N2O2. The molecule has 0 unspecified atom stereocenters. The predicted molar refractivity (Wildman–Crippen MR) is 84.2 cm³/mol. The van der Waals surface area contributed by atoms with Gasteiger partial charge in [-0.15, -0.1) is 0 Å². The maximum atomic E-state index is 13.9. The molecule has 0 spiro atoms. The molecule has 3 aromatic heterocycles. The number of pyridine rings is 1. The molecular weight excluding hydrogens is 314 g/mol. The van der Waals surface area contributed by atoms with Crippen molar-refractivity contribution in [1.82, 2.24) is 9.38 Å². The highest BCUT2D eigenvalue weighted by Gasteiger charge is 2.12. The van der Waals surface area contributed by atoms with Gasteiger partial charge in [-0.3, -0.25) is 0 Å². The zero-order valence-corrected chi connectivity index (χ0v) is 12.4. The zero-order valence-electron chi connectivity index (χ0n) is 12.4. The molecule has 0 saturated heterocycles. The maximum absolute atomic E-state index is 13.9. The van der Waals surface area contributed by atoms with Gasteiger partial charge in [0.25, 0.3) is 0 Å². The number of aliphatic hydroxyl groups excluding tert-OH is 1. The number of aliphatic hydroxyl groups is 1. The second-order valence-corrected chi connectivity index (χ2v) is 5.36. The molecule has 0 amide bonds. The Labute approximate surface area is 135 Å². The van der Waals surface area contributed by atoms with Crippen LogP contribution < -0.4 is 0 Å². The van der Waals surface area contributed by atoms with Crippen LogP contribution in [0.15, 0.2) is 59.3 Å². The number of nitrogens with zero attached hydrogens (tertiary/aromatic N) is 2. The minimum absolute atomic E-state index is 0.165. The van der Waals surface area contributed by atoms with Crippen LogP contribution in [0.1, 0.15) is 5.76 Å². The fourth-order valence-corrected chi connectivity index (χ4v) is 2.58. The second-order valence-electron chi connectivity index (χ2n) is 5.36. The maximum Gasteiger partial charge on any atom is 0.137 e. The summed E-state index contributed by atoms with van der Waals surface area (Å²) in [7, 11) is 0. The quantitative estimate of drug-likeness (QED) is 0.618. The van der Waals surface area contributed by atoms with E-state index in [1.54, 1.807) is 35.0 Å². The van der Waals surface area contributed by atoms with Crippen molar-refractivity contribution in [1.29, 1.82) is 0 Å². The summed E-state index contributed by atoms with van der Waals surface area (Å²) in [6.45, 7) is -0.165. The number of fused-ring (bicyclic) bond motifs is 1. The van der Waals surface area contributed by atoms with E-state index in [0.29, 0.717) is 22.9 Å². The lowest BCUT2D eigenvalue weighted by molar-refractivity contribution is 0.248. The van der Waals surface area contributed by atoms with Gasteiger partial charge in [0, 0.05) is 29.6 Å². The summed E-state index contributed by atoms with van der Waals surface area (Å²) in [6, 6.07) is 10.5. The molecule has 3 heterocycles. The first kappa shape index (κ1) is 14.6. The topological polar surface area (TPSA) is 50.7 Å². The van der Waals surface area contributed by atoms with Gasteiger partial charge in [0.05, 0.1) is 5.69 Å². The Bertz CT molecular complexity index is 1040. The molecule has 120 valence electrons. The van der Waals surface area contributed by atoms with Crippen molar-refractivity contribution in [2.24, 2.45) is 0 Å². The van der Waals surface area contributed by atoms with Crippen LogP contribution in [0.5, 0.6) is 0 Å². The van der Waals surface area contributed by atoms with E-state index in [9.17, 15) is 8.78 Å². The van der Waals surface area contributed by atoms with Crippen molar-refractivity contribution in [2.45, 2.75) is 6.61 Å². The van der Waals surface area contributed by atoms with Crippen LogP contribution in [0.25, 0.3) is 28.2 Å². The van der Waals surface area contributed by atoms with E-state index in [0.717, 1.165) is 11.6 Å². The van der Waals surface area contributed by atoms with Crippen molar-refractivity contribution in [3.8, 4) is 22.6 Å². The van der Waals surface area contributed by atoms with E-state index in [1.165, 1.54) is 12.1 Å². The first-order chi connectivity index (χ1) is 11.6. The third-order valence-corrected chi connectivity index (χ3v) is 3.76. The monoisotopic (exact) mass is 326 g/mol. The average molecular weight is 326 g/mol. The number of halogens is 2. The fraction of sp³-hybridized carbons (Fsp3) is 0.0556. The molecule has 0 radical (unpaired) electrons. The van der Waals surface area contributed by atoms with Crippen molar-refractivity contribution in [3.05, 3.63) is 72.3 Å². The van der Waals surface area contributed by atoms with Crippen LogP contribution in [0, 0.1) is 11.6 Å². The molecule has 0 aliphatic carbocycles. The average Bonchev–Trinajstić information content (AvgIpc) is 3.20. The molecule has 1 N–H and O–H groups in total. The van der Waals surface area contributed by atoms with Crippen LogP contribution in [-0.4, -0.2) is 14.5 Å². The van der Waals surface area contributed by atoms with Gasteiger partial charge in [0.15, 0.2) is 0 Å². The molecule has 4 aromatic rings. The molecule has 0 saturated carbocycles. The smallest absolute Gasteiger partial charge is 0.137 e. The largest absolute Gasteiger partial charge is 0.459 e. The van der Waals surface area contributed by atoms with Gasteiger partial charge in [-0.05, 0) is 36.4 Å². The minimum Gasteiger partial charge on any atom is -0.459 e. The number of rotatable bonds is 3. The lowest BCUT2D eigenvalue weighted by atomic mass is 10.1. The number of aromatic nitrogens is 2. The number of hydrogen-bond acceptors (Lipinski definition) is 3. The summed E-state index contributed by atoms with van der Waals surface area (Å²) < 4.78 is 34.2. The molecule has 6 heteroatoms. The highest BCUT2D eigenvalue weighted by atomic mass is 19.1. The summed E-state index contributed by atoms with van der Waals surface area (Å²) in [5.74, 6) is -0.189. The highest BCUT2D eigenvalue weighted by molar-refractivity contribution is 5.66. The van der Waals surface area contributed by atoms with Crippen LogP contribution in [0.2, 0.25) is 0 Å². The van der Waals surface area contributed by atoms with E-state index < -0.39 is 11.6 Å². The van der Waals surface area contributed by atoms with Crippen LogP contribution in [0.4, 0.5) is 8.78 Å². The summed E-state index contributed by atoms with van der Waals surface area (Å²) in [5, 5.41) is 9.07. The first-order valence-electron chi connectivity index (χ1n) is 7.28. The van der Waals surface area contributed by atoms with E-state index in [4.69, 9.17) is 9.52 Å². The lowest BCUT2D eigenvalue weighted by Crippen LogP contribution is -1.85. The van der Waals surface area contributed by atoms with Gasteiger partial charge in [0.1, 0.15) is 35.4 Å². The molecule has 4 rings (SSSR count). The minimum atomic E-state index is -0.655. The Hall–Kier alpha value is -2.99. The van der Waals surface area contributed by atoms with Crippen molar-refractivity contribution >= 4 is 5.65 Å². The van der Waals surface area contributed by atoms with E-state index in [1.807, 2.05) is 6.07 Å². The SMILES string of the molecule is OCc1ccc(-c2ccc3nc(-c4ccc(F)cc4F)cn3c2)o1. The van der Waals surface area contributed by atoms with E-state index >= 15 is 0 Å². The third kappa shape index (κ3) is 2.47. The van der Waals surface area contributed by atoms with Gasteiger partial charge in [-0.2, -0.15) is 0 Å². The van der Waals surface area contributed by atoms with Crippen molar-refractivity contribution in [2.75, 3.05) is 0 Å². The molecule has 1 aromatic carbocycles. The summed E-state index contributed by atoms with van der Waals surface area (Å²) in [4.78, 5) is 4.36. The standard InChI is InChI=1S/C18H12F2N2O2/c19-12-2-4-14(15(20)7-12)16-9-22-8-11(1-6-18(22)21-16)17-5-3-13(10-23)24-17/h1-9,23H,10H2. The molecule has 0 bridgehead atoms. The Kier molecular flexibility index (Phi) is 3.39. The predicted octanol–water partition coefficient (Wildman–Crippen LogP) is 4.03. The Morgan fingerprint density at radius 3 is 2.67 bits per heavy atom. The van der Waals surface area contributed by atoms with E-state index in [-0.39, 0.29) is 12.2 Å². The number of imidazole rings is 1. The van der Waals surface area contributed by atoms with Crippen molar-refractivity contribution < 1.29 is 18.3 Å². The van der Waals surface area contributed by atoms with Gasteiger partial charge in [-0.1, -0.05) is 0 Å². The molecule has 4 nitrogen and oxygen atoms in total. The highest BCUT2D eigenvalue weighted by Crippen LogP contribution is 2.26. The van der Waals surface area contributed by atoms with Crippen LogP contribution in [0.3, 0.4) is 0 Å². The normalized spacial score (nSPS) is 11.3. The zero-order chi connectivity index (χ0) is 16.7. The Morgan fingerprint density at radius 2 is 1.92 bits per heavy atom. The molecule has 0 atom stereocenters. The van der Waals surface area contributed by atoms with E-state index in [2.05, 4.69) is 4.98 Å². The number of hydrogen-bond donors (Lipinski definition) is 1. The Balaban J connectivity index is 1.78. The summed E-state index contributed by atoms with van der Waals surface area (Å²) >= 11 is 0. The lowest BCUT2D eigenvalue weighted by Gasteiger charge is -1.99. The molecule has 24 heavy (non-hydrogen) atoms. The molecule has 0 aliphatic heterocycles. The molecule has 0 fully saturated rings. The first-order valence-corrected chi connectivity index (χ1v) is 7.28. The fourth-order valence-electron chi connectivity index (χ4n) is 2.58. The second kappa shape index (κ2) is 5.58. The van der Waals surface area contributed by atoms with Gasteiger partial charge < -0.3 is 13.9 Å².